The topological polar surface area (TPSA) is 54.0 Å². The van der Waals surface area contributed by atoms with Gasteiger partial charge in [0.25, 0.3) is 5.91 Å². The summed E-state index contributed by atoms with van der Waals surface area (Å²) in [6, 6.07) is 5.90. The number of aryl methyl sites for hydroxylation is 2. The Labute approximate surface area is 135 Å². The highest BCUT2D eigenvalue weighted by Crippen LogP contribution is 2.28. The van der Waals surface area contributed by atoms with Gasteiger partial charge in [0.2, 0.25) is 0 Å². The van der Waals surface area contributed by atoms with E-state index < -0.39 is 0 Å². The van der Waals surface area contributed by atoms with E-state index in [-0.39, 0.29) is 18.5 Å². The van der Waals surface area contributed by atoms with Gasteiger partial charge in [0.15, 0.2) is 0 Å². The van der Waals surface area contributed by atoms with Crippen molar-refractivity contribution in [1.29, 1.82) is 0 Å². The molecule has 2 aromatic heterocycles. The summed E-state index contributed by atoms with van der Waals surface area (Å²) in [5, 5.41) is 5.96. The fraction of sp³-hybridized carbons (Fsp3) is 0.294. The number of thiophene rings is 1. The van der Waals surface area contributed by atoms with E-state index in [4.69, 9.17) is 6.42 Å². The second kappa shape index (κ2) is 7.10. The molecule has 114 valence electrons. The Balaban J connectivity index is 2.03. The summed E-state index contributed by atoms with van der Waals surface area (Å²) in [5.74, 6) is 2.89. The van der Waals surface area contributed by atoms with E-state index in [2.05, 4.69) is 48.4 Å². The van der Waals surface area contributed by atoms with Crippen LogP contribution in [0.3, 0.4) is 0 Å². The van der Waals surface area contributed by atoms with E-state index in [1.807, 2.05) is 0 Å². The molecule has 2 heterocycles. The molecule has 22 heavy (non-hydrogen) atoms. The summed E-state index contributed by atoms with van der Waals surface area (Å²) in [7, 11) is 0. The lowest BCUT2D eigenvalue weighted by molar-refractivity contribution is 0.0958. The highest BCUT2D eigenvalue weighted by molar-refractivity contribution is 7.12. The molecule has 0 bridgehead atoms. The first-order valence-electron chi connectivity index (χ1n) is 7.02. The maximum atomic E-state index is 11.7. The van der Waals surface area contributed by atoms with Gasteiger partial charge in [-0.2, -0.15) is 0 Å². The highest BCUT2D eigenvalue weighted by atomic mass is 32.1. The molecule has 2 aromatic rings. The number of rotatable bonds is 5. The molecule has 0 fully saturated rings. The number of nitrogens with zero attached hydrogens (tertiary/aromatic N) is 1. The van der Waals surface area contributed by atoms with Crippen LogP contribution in [0.15, 0.2) is 24.4 Å². The Morgan fingerprint density at radius 3 is 2.77 bits per heavy atom. The number of hydrogen-bond acceptors (Lipinski definition) is 4. The van der Waals surface area contributed by atoms with Crippen molar-refractivity contribution in [2.45, 2.75) is 26.8 Å². The van der Waals surface area contributed by atoms with Crippen LogP contribution in [0.25, 0.3) is 0 Å². The largest absolute Gasteiger partial charge is 0.364 e. The molecule has 0 saturated heterocycles. The van der Waals surface area contributed by atoms with Gasteiger partial charge in [-0.3, -0.25) is 4.79 Å². The number of anilines is 1. The molecule has 0 radical (unpaired) electrons. The Morgan fingerprint density at radius 2 is 2.23 bits per heavy atom. The predicted octanol–water partition coefficient (Wildman–Crippen LogP) is 3.30. The van der Waals surface area contributed by atoms with Gasteiger partial charge in [-0.15, -0.1) is 17.8 Å². The molecular formula is C17H19N3OS. The molecule has 0 saturated carbocycles. The molecule has 5 heteroatoms. The second-order valence-electron chi connectivity index (χ2n) is 5.05. The number of pyridine rings is 1. The molecule has 0 aliphatic rings. The van der Waals surface area contributed by atoms with Crippen molar-refractivity contribution in [3.05, 3.63) is 45.3 Å². The lowest BCUT2D eigenvalue weighted by Gasteiger charge is -2.14. The van der Waals surface area contributed by atoms with Crippen molar-refractivity contribution < 1.29 is 4.79 Å². The Kier molecular flexibility index (Phi) is 5.18. The van der Waals surface area contributed by atoms with Gasteiger partial charge in [-0.05, 0) is 44.5 Å². The summed E-state index contributed by atoms with van der Waals surface area (Å²) in [6.07, 6.45) is 6.66. The van der Waals surface area contributed by atoms with Gasteiger partial charge >= 0.3 is 0 Å². The molecule has 1 atom stereocenters. The number of hydrogen-bond donors (Lipinski definition) is 2. The predicted molar refractivity (Wildman–Crippen MR) is 91.2 cm³/mol. The summed E-state index contributed by atoms with van der Waals surface area (Å²) >= 11 is 1.79. The molecule has 0 aliphatic heterocycles. The Hall–Kier alpha value is -2.32. The maximum Gasteiger partial charge on any atom is 0.253 e. The average molecular weight is 313 g/mol. The van der Waals surface area contributed by atoms with Crippen molar-refractivity contribution in [1.82, 2.24) is 10.3 Å². The smallest absolute Gasteiger partial charge is 0.253 e. The molecule has 2 N–H and O–H groups in total. The lowest BCUT2D eigenvalue weighted by Crippen LogP contribution is -2.23. The number of nitrogens with one attached hydrogen (secondary N) is 2. The fourth-order valence-corrected chi connectivity index (χ4v) is 3.25. The van der Waals surface area contributed by atoms with Gasteiger partial charge in [0.1, 0.15) is 5.82 Å². The van der Waals surface area contributed by atoms with Crippen LogP contribution in [0.2, 0.25) is 0 Å². The van der Waals surface area contributed by atoms with E-state index in [9.17, 15) is 4.79 Å². The molecule has 0 aromatic carbocycles. The van der Waals surface area contributed by atoms with E-state index in [1.165, 1.54) is 15.3 Å². The summed E-state index contributed by atoms with van der Waals surface area (Å²) in [6.45, 7) is 6.55. The van der Waals surface area contributed by atoms with E-state index >= 15 is 0 Å². The third-order valence-corrected chi connectivity index (χ3v) is 4.27. The third kappa shape index (κ3) is 3.86. The molecule has 2 rings (SSSR count). The number of terminal acetylenes is 1. The normalized spacial score (nSPS) is 11.5. The van der Waals surface area contributed by atoms with Crippen LogP contribution in [0.4, 0.5) is 5.82 Å². The molecule has 0 aliphatic carbocycles. The van der Waals surface area contributed by atoms with Crippen LogP contribution in [0.5, 0.6) is 0 Å². The van der Waals surface area contributed by atoms with Crippen LogP contribution in [-0.4, -0.2) is 17.4 Å². The van der Waals surface area contributed by atoms with E-state index in [1.54, 1.807) is 29.7 Å². The molecule has 4 nitrogen and oxygen atoms in total. The Bertz CT molecular complexity index is 698. The zero-order valence-electron chi connectivity index (χ0n) is 12.9. The minimum atomic E-state index is -0.214. The SMILES string of the molecule is C#CCNC(=O)c1ccc(NC(C)c2cc(C)sc2C)nc1. The maximum absolute atomic E-state index is 11.7. The van der Waals surface area contributed by atoms with Gasteiger partial charge in [-0.1, -0.05) is 5.92 Å². The van der Waals surface area contributed by atoms with Crippen LogP contribution < -0.4 is 10.6 Å². The van der Waals surface area contributed by atoms with Crippen molar-refractivity contribution in [3.8, 4) is 12.3 Å². The van der Waals surface area contributed by atoms with Gasteiger partial charge in [-0.25, -0.2) is 4.98 Å². The molecule has 0 spiro atoms. The summed E-state index contributed by atoms with van der Waals surface area (Å²) < 4.78 is 0. The van der Waals surface area contributed by atoms with Gasteiger partial charge in [0.05, 0.1) is 18.2 Å². The summed E-state index contributed by atoms with van der Waals surface area (Å²) in [4.78, 5) is 18.6. The zero-order chi connectivity index (χ0) is 16.1. The first-order valence-corrected chi connectivity index (χ1v) is 7.84. The van der Waals surface area contributed by atoms with Crippen LogP contribution in [-0.2, 0) is 0 Å². The molecule has 1 unspecified atom stereocenters. The first-order chi connectivity index (χ1) is 10.5. The van der Waals surface area contributed by atoms with Crippen molar-refractivity contribution in [3.63, 3.8) is 0 Å². The van der Waals surface area contributed by atoms with Crippen LogP contribution >= 0.6 is 11.3 Å². The number of amides is 1. The second-order valence-corrected chi connectivity index (χ2v) is 6.51. The molecule has 1 amide bonds. The number of aromatic nitrogens is 1. The highest BCUT2D eigenvalue weighted by Gasteiger charge is 2.12. The average Bonchev–Trinajstić information content (AvgIpc) is 2.84. The van der Waals surface area contributed by atoms with E-state index in [0.717, 1.165) is 5.82 Å². The van der Waals surface area contributed by atoms with Crippen LogP contribution in [0.1, 0.15) is 38.6 Å². The zero-order valence-corrected chi connectivity index (χ0v) is 13.8. The van der Waals surface area contributed by atoms with E-state index in [0.29, 0.717) is 5.56 Å². The van der Waals surface area contributed by atoms with Gasteiger partial charge < -0.3 is 10.6 Å². The minimum absolute atomic E-state index is 0.165. The lowest BCUT2D eigenvalue weighted by atomic mass is 10.1. The summed E-state index contributed by atoms with van der Waals surface area (Å²) in [5.41, 5.74) is 1.77. The van der Waals surface area contributed by atoms with Crippen molar-refractivity contribution in [2.75, 3.05) is 11.9 Å². The number of carbonyl (C=O) groups is 1. The quantitative estimate of drug-likeness (QED) is 0.833. The molecular weight excluding hydrogens is 294 g/mol. The van der Waals surface area contributed by atoms with Crippen molar-refractivity contribution in [2.24, 2.45) is 0 Å². The number of carbonyl (C=O) groups excluding carboxylic acids is 1. The monoisotopic (exact) mass is 313 g/mol. The Morgan fingerprint density at radius 1 is 1.45 bits per heavy atom. The standard InChI is InChI=1S/C17H19N3OS/c1-5-8-18-17(21)14-6-7-16(19-10-14)20-12(3)15-9-11(2)22-13(15)4/h1,6-7,9-10,12H,8H2,2-4H3,(H,18,21)(H,19,20). The minimum Gasteiger partial charge on any atom is -0.364 e. The van der Waals surface area contributed by atoms with Crippen LogP contribution in [0, 0.1) is 26.2 Å². The first kappa shape index (κ1) is 16.1. The van der Waals surface area contributed by atoms with Gasteiger partial charge in [0, 0.05) is 16.0 Å². The fourth-order valence-electron chi connectivity index (χ4n) is 2.23. The van der Waals surface area contributed by atoms with Crippen molar-refractivity contribution >= 4 is 23.1 Å². The third-order valence-electron chi connectivity index (χ3n) is 3.29.